The summed E-state index contributed by atoms with van der Waals surface area (Å²) in [4.78, 5) is 0. The molecule has 21 heavy (non-hydrogen) atoms. The van der Waals surface area contributed by atoms with E-state index in [1.54, 1.807) is 0 Å². The van der Waals surface area contributed by atoms with Crippen molar-refractivity contribution in [3.05, 3.63) is 65.7 Å². The fourth-order valence-electron chi connectivity index (χ4n) is 3.42. The Hall–Kier alpha value is -2.28. The lowest BCUT2D eigenvalue weighted by Crippen LogP contribution is -2.14. The molecule has 1 heterocycles. The Bertz CT molecular complexity index is 832. The Morgan fingerprint density at radius 3 is 2.62 bits per heavy atom. The second-order valence-corrected chi connectivity index (χ2v) is 5.72. The second-order valence-electron chi connectivity index (χ2n) is 5.72. The second kappa shape index (κ2) is 4.63. The summed E-state index contributed by atoms with van der Waals surface area (Å²) in [6.07, 6.45) is 1.14. The van der Waals surface area contributed by atoms with E-state index in [4.69, 9.17) is 4.74 Å². The minimum absolute atomic E-state index is 0.152. The molecule has 104 valence electrons. The summed E-state index contributed by atoms with van der Waals surface area (Å²) >= 11 is 0. The quantitative estimate of drug-likeness (QED) is 0.556. The fraction of sp³-hybridized carbons (Fsp3) is 0.200. The van der Waals surface area contributed by atoms with Gasteiger partial charge in [-0.2, -0.15) is 0 Å². The first-order valence-corrected chi connectivity index (χ1v) is 7.58. The van der Waals surface area contributed by atoms with Crippen LogP contribution in [0, 0.1) is 6.92 Å². The highest BCUT2D eigenvalue weighted by molar-refractivity contribution is 5.98. The molecule has 0 amide bonds. The Labute approximate surface area is 125 Å². The lowest BCUT2D eigenvalue weighted by atomic mass is 9.87. The van der Waals surface area contributed by atoms with E-state index in [0.29, 0.717) is 0 Å². The predicted molar refractivity (Wildman–Crippen MR) is 87.8 cm³/mol. The monoisotopic (exact) mass is 274 g/mol. The van der Waals surface area contributed by atoms with Gasteiger partial charge in [-0.1, -0.05) is 61.5 Å². The predicted octanol–water partition coefficient (Wildman–Crippen LogP) is 5.66. The molecule has 4 rings (SSSR count). The van der Waals surface area contributed by atoms with E-state index in [-0.39, 0.29) is 6.10 Å². The maximum atomic E-state index is 6.40. The average Bonchev–Trinajstić information content (AvgIpc) is 2.53. The van der Waals surface area contributed by atoms with Crippen LogP contribution in [-0.2, 0) is 0 Å². The molecule has 1 nitrogen and oxygen atoms in total. The summed E-state index contributed by atoms with van der Waals surface area (Å²) in [5, 5.41) is 2.47. The van der Waals surface area contributed by atoms with Crippen molar-refractivity contribution in [3.63, 3.8) is 0 Å². The molecule has 1 aliphatic rings. The summed E-state index contributed by atoms with van der Waals surface area (Å²) in [6.45, 7) is 4.36. The van der Waals surface area contributed by atoms with E-state index in [2.05, 4.69) is 68.4 Å². The van der Waals surface area contributed by atoms with E-state index >= 15 is 0 Å². The normalized spacial score (nSPS) is 16.2. The Balaban J connectivity index is 2.11. The molecule has 0 N–H and O–H groups in total. The molecule has 0 bridgehead atoms. The van der Waals surface area contributed by atoms with Crippen molar-refractivity contribution in [2.45, 2.75) is 26.4 Å². The molecule has 3 aromatic carbocycles. The smallest absolute Gasteiger partial charge is 0.136 e. The van der Waals surface area contributed by atoms with Gasteiger partial charge in [0.25, 0.3) is 0 Å². The lowest BCUT2D eigenvalue weighted by molar-refractivity contribution is 0.200. The third kappa shape index (κ3) is 1.77. The zero-order chi connectivity index (χ0) is 14.4. The minimum atomic E-state index is 0.152. The molecule has 0 saturated carbocycles. The summed E-state index contributed by atoms with van der Waals surface area (Å²) < 4.78 is 6.40. The van der Waals surface area contributed by atoms with Crippen LogP contribution in [0.25, 0.3) is 21.9 Å². The number of benzene rings is 3. The zero-order valence-corrected chi connectivity index (χ0v) is 12.4. The van der Waals surface area contributed by atoms with Gasteiger partial charge in [0.15, 0.2) is 0 Å². The van der Waals surface area contributed by atoms with Crippen LogP contribution in [0.5, 0.6) is 5.75 Å². The summed E-state index contributed by atoms with van der Waals surface area (Å²) in [6, 6.07) is 19.4. The van der Waals surface area contributed by atoms with Crippen molar-refractivity contribution >= 4 is 10.8 Å². The number of ether oxygens (including phenoxy) is 1. The van der Waals surface area contributed by atoms with Gasteiger partial charge in [-0.05, 0) is 29.9 Å². The van der Waals surface area contributed by atoms with Crippen LogP contribution in [0.15, 0.2) is 54.6 Å². The van der Waals surface area contributed by atoms with Gasteiger partial charge in [0.05, 0.1) is 0 Å². The van der Waals surface area contributed by atoms with Crippen molar-refractivity contribution in [1.82, 2.24) is 0 Å². The zero-order valence-electron chi connectivity index (χ0n) is 12.4. The molecule has 1 atom stereocenters. The molecule has 0 radical (unpaired) electrons. The van der Waals surface area contributed by atoms with E-state index in [0.717, 1.165) is 12.2 Å². The van der Waals surface area contributed by atoms with Crippen molar-refractivity contribution in [3.8, 4) is 16.9 Å². The molecule has 0 saturated heterocycles. The molecule has 0 spiro atoms. The number of hydrogen-bond donors (Lipinski definition) is 0. The summed E-state index contributed by atoms with van der Waals surface area (Å²) in [5.41, 5.74) is 5.18. The summed E-state index contributed by atoms with van der Waals surface area (Å²) in [7, 11) is 0. The van der Waals surface area contributed by atoms with Crippen LogP contribution in [0.4, 0.5) is 0 Å². The van der Waals surface area contributed by atoms with Gasteiger partial charge in [0, 0.05) is 16.5 Å². The van der Waals surface area contributed by atoms with Gasteiger partial charge in [0.2, 0.25) is 0 Å². The minimum Gasteiger partial charge on any atom is -0.484 e. The van der Waals surface area contributed by atoms with Crippen LogP contribution in [0.1, 0.15) is 30.6 Å². The van der Waals surface area contributed by atoms with Gasteiger partial charge in [-0.15, -0.1) is 0 Å². The lowest BCUT2D eigenvalue weighted by Gasteiger charge is -2.30. The van der Waals surface area contributed by atoms with Gasteiger partial charge in [-0.3, -0.25) is 0 Å². The van der Waals surface area contributed by atoms with E-state index in [1.807, 2.05) is 0 Å². The van der Waals surface area contributed by atoms with Gasteiger partial charge < -0.3 is 4.74 Å². The molecular weight excluding hydrogens is 256 g/mol. The average molecular weight is 274 g/mol. The first-order valence-electron chi connectivity index (χ1n) is 7.58. The number of aryl methyl sites for hydroxylation is 1. The Morgan fingerprint density at radius 1 is 1.00 bits per heavy atom. The van der Waals surface area contributed by atoms with Crippen LogP contribution in [-0.4, -0.2) is 0 Å². The first-order chi connectivity index (χ1) is 10.3. The van der Waals surface area contributed by atoms with Crippen molar-refractivity contribution in [1.29, 1.82) is 0 Å². The topological polar surface area (TPSA) is 9.23 Å². The largest absolute Gasteiger partial charge is 0.484 e. The van der Waals surface area contributed by atoms with Crippen LogP contribution in [0.3, 0.4) is 0 Å². The molecule has 1 heteroatoms. The van der Waals surface area contributed by atoms with Crippen LogP contribution in [0.2, 0.25) is 0 Å². The maximum Gasteiger partial charge on any atom is 0.136 e. The molecule has 1 unspecified atom stereocenters. The molecule has 1 aliphatic heterocycles. The third-order valence-corrected chi connectivity index (χ3v) is 4.41. The SMILES string of the molecule is CCC1Oc2c(c(C)cc3ccccc23)-c2ccccc21. The Kier molecular flexibility index (Phi) is 2.75. The van der Waals surface area contributed by atoms with Crippen molar-refractivity contribution in [2.75, 3.05) is 0 Å². The van der Waals surface area contributed by atoms with Crippen LogP contribution >= 0.6 is 0 Å². The first kappa shape index (κ1) is 12.5. The maximum absolute atomic E-state index is 6.40. The number of hydrogen-bond acceptors (Lipinski definition) is 1. The van der Waals surface area contributed by atoms with Gasteiger partial charge >= 0.3 is 0 Å². The fourth-order valence-corrected chi connectivity index (χ4v) is 3.42. The van der Waals surface area contributed by atoms with E-state index in [1.165, 1.54) is 33.0 Å². The van der Waals surface area contributed by atoms with E-state index < -0.39 is 0 Å². The van der Waals surface area contributed by atoms with Gasteiger partial charge in [-0.25, -0.2) is 0 Å². The van der Waals surface area contributed by atoms with Gasteiger partial charge in [0.1, 0.15) is 11.9 Å². The van der Waals surface area contributed by atoms with Crippen LogP contribution < -0.4 is 4.74 Å². The molecule has 0 aliphatic carbocycles. The highest BCUT2D eigenvalue weighted by atomic mass is 16.5. The molecule has 0 aromatic heterocycles. The van der Waals surface area contributed by atoms with E-state index in [9.17, 15) is 0 Å². The highest BCUT2D eigenvalue weighted by Gasteiger charge is 2.27. The van der Waals surface area contributed by atoms with Crippen molar-refractivity contribution in [2.24, 2.45) is 0 Å². The molecular formula is C20H18O. The number of rotatable bonds is 1. The highest BCUT2D eigenvalue weighted by Crippen LogP contribution is 2.48. The van der Waals surface area contributed by atoms with Crippen molar-refractivity contribution < 1.29 is 4.74 Å². The molecule has 3 aromatic rings. The number of fused-ring (bicyclic) bond motifs is 5. The summed E-state index contributed by atoms with van der Waals surface area (Å²) in [5.74, 6) is 1.05. The standard InChI is InChI=1S/C20H18O/c1-3-18-16-10-6-7-11-17(16)19-13(2)12-14-8-4-5-9-15(14)20(19)21-18/h4-12,18H,3H2,1-2H3. The molecule has 0 fully saturated rings. The third-order valence-electron chi connectivity index (χ3n) is 4.41. The Morgan fingerprint density at radius 2 is 1.76 bits per heavy atom.